The van der Waals surface area contributed by atoms with Crippen LogP contribution in [0.15, 0.2) is 55.8 Å². The number of aromatic nitrogens is 9. The summed E-state index contributed by atoms with van der Waals surface area (Å²) in [5.41, 5.74) is 3.07. The van der Waals surface area contributed by atoms with Crippen molar-refractivity contribution >= 4 is 106 Å². The molecular formula is C58H93ClN14O8S3Si2. The predicted molar refractivity (Wildman–Crippen MR) is 350 cm³/mol. The first-order valence-corrected chi connectivity index (χ1v) is 44.1. The van der Waals surface area contributed by atoms with Crippen molar-refractivity contribution in [2.45, 2.75) is 124 Å². The maximum atomic E-state index is 12.1. The van der Waals surface area contributed by atoms with Gasteiger partial charge in [-0.3, -0.25) is 0 Å². The molecule has 5 saturated heterocycles. The number of ether oxygens (including phenoxy) is 2. The predicted octanol–water partition coefficient (Wildman–Crippen LogP) is 8.86. The monoisotopic (exact) mass is 1300 g/mol. The first kappa shape index (κ1) is 66.1. The average molecular weight is 1300 g/mol. The van der Waals surface area contributed by atoms with E-state index in [1.165, 1.54) is 44.2 Å². The zero-order valence-corrected chi connectivity index (χ0v) is 57.9. The van der Waals surface area contributed by atoms with Crippen molar-refractivity contribution in [2.24, 2.45) is 34.0 Å². The van der Waals surface area contributed by atoms with Gasteiger partial charge in [0.15, 0.2) is 0 Å². The summed E-state index contributed by atoms with van der Waals surface area (Å²) >= 11 is 0. The normalized spacial score (nSPS) is 25.7. The van der Waals surface area contributed by atoms with E-state index in [1.807, 2.05) is 23.0 Å². The zero-order valence-electron chi connectivity index (χ0n) is 52.7. The van der Waals surface area contributed by atoms with Gasteiger partial charge in [-0.1, -0.05) is 66.5 Å². The Kier molecular flexibility index (Phi) is 19.9. The van der Waals surface area contributed by atoms with E-state index >= 15 is 0 Å². The van der Waals surface area contributed by atoms with Gasteiger partial charge >= 0.3 is 0 Å². The molecule has 0 bridgehead atoms. The van der Waals surface area contributed by atoms with Crippen LogP contribution in [0.3, 0.4) is 0 Å². The molecule has 6 atom stereocenters. The van der Waals surface area contributed by atoms with E-state index < -0.39 is 45.2 Å². The van der Waals surface area contributed by atoms with Gasteiger partial charge < -0.3 is 38.3 Å². The van der Waals surface area contributed by atoms with Crippen molar-refractivity contribution in [3.8, 4) is 0 Å². The third kappa shape index (κ3) is 16.2. The van der Waals surface area contributed by atoms with Crippen LogP contribution in [0.2, 0.25) is 51.4 Å². The molecule has 1 saturated carbocycles. The Hall–Kier alpha value is -4.33. The Morgan fingerprint density at radius 2 is 0.965 bits per heavy atom. The largest absolute Gasteiger partial charge is 0.361 e. The smallest absolute Gasteiger partial charge is 0.229 e. The maximum absolute atomic E-state index is 12.1. The molecule has 6 aromatic heterocycles. The minimum atomic E-state index is -3.19. The SMILES string of the molecule is CS(=O)(=O)Cl.C[C@@]12CN(c3ncnc4[nH]ccc34)CC[C@@H]1CN(S(C)(=O)=O)C2.C[C@@]12CN(c3ncnc4c3ccn4COCC[Si](C)(C)C)CC[C@@H]1CN(S(C)(=O)=O)C2.C[C@]12CCC[C@H]1CCN(c1ncnc3c1ccn3COCC[Si](C)(C)C)C2. The number of rotatable bonds is 15. The van der Waals surface area contributed by atoms with Crippen LogP contribution >= 0.6 is 10.7 Å². The van der Waals surface area contributed by atoms with Gasteiger partial charge in [-0.05, 0) is 85.6 Å². The highest BCUT2D eigenvalue weighted by Crippen LogP contribution is 2.49. The number of hydrogen-bond acceptors (Lipinski definition) is 17. The fourth-order valence-corrected chi connectivity index (χ4v) is 17.3. The number of fused-ring (bicyclic) bond motifs is 6. The lowest BCUT2D eigenvalue weighted by Crippen LogP contribution is -2.47. The number of nitrogens with one attached hydrogen (secondary N) is 1. The Balaban J connectivity index is 0.000000149. The van der Waals surface area contributed by atoms with E-state index in [2.05, 4.69) is 143 Å². The molecule has 11 heterocycles. The van der Waals surface area contributed by atoms with E-state index in [0.717, 1.165) is 134 Å². The number of aromatic amines is 1. The number of sulfonamides is 2. The Morgan fingerprint density at radius 3 is 1.40 bits per heavy atom. The molecular weight excluding hydrogens is 1210 g/mol. The fraction of sp³-hybridized carbons (Fsp3) is 0.690. The quantitative estimate of drug-likeness (QED) is 0.0573. The molecule has 12 rings (SSSR count). The van der Waals surface area contributed by atoms with Crippen molar-refractivity contribution in [1.29, 1.82) is 0 Å². The van der Waals surface area contributed by atoms with Gasteiger partial charge in [-0.2, -0.15) is 0 Å². The van der Waals surface area contributed by atoms with Crippen molar-refractivity contribution in [2.75, 3.05) is 112 Å². The molecule has 6 aromatic rings. The number of hydrogen-bond donors (Lipinski definition) is 1. The number of halogens is 1. The van der Waals surface area contributed by atoms with Gasteiger partial charge in [0.1, 0.15) is 66.8 Å². The molecule has 0 unspecified atom stereocenters. The molecule has 28 heteroatoms. The molecule has 0 amide bonds. The molecule has 0 aromatic carbocycles. The van der Waals surface area contributed by atoms with Gasteiger partial charge in [-0.15, -0.1) is 0 Å². The van der Waals surface area contributed by atoms with Crippen molar-refractivity contribution in [1.82, 2.24) is 52.6 Å². The first-order chi connectivity index (χ1) is 40.2. The summed E-state index contributed by atoms with van der Waals surface area (Å²) in [6.07, 6.45) is 21.9. The van der Waals surface area contributed by atoms with Gasteiger partial charge in [0.05, 0.1) is 34.9 Å². The number of nitrogens with zero attached hydrogens (tertiary/aromatic N) is 13. The molecule has 1 aliphatic carbocycles. The van der Waals surface area contributed by atoms with Crippen LogP contribution in [0.5, 0.6) is 0 Å². The van der Waals surface area contributed by atoms with E-state index in [0.29, 0.717) is 56.9 Å². The van der Waals surface area contributed by atoms with Crippen molar-refractivity contribution in [3.63, 3.8) is 0 Å². The third-order valence-corrected chi connectivity index (χ3v) is 24.6. The molecule has 86 heavy (non-hydrogen) atoms. The Labute approximate surface area is 516 Å². The molecule has 1 N–H and O–H groups in total. The summed E-state index contributed by atoms with van der Waals surface area (Å²) in [5, 5.41) is 3.20. The third-order valence-electron chi connectivity index (χ3n) is 18.8. The van der Waals surface area contributed by atoms with Crippen LogP contribution in [0.25, 0.3) is 33.1 Å². The van der Waals surface area contributed by atoms with E-state index in [1.54, 1.807) is 27.6 Å². The van der Waals surface area contributed by atoms with Crippen LogP contribution in [0, 0.1) is 34.0 Å². The van der Waals surface area contributed by atoms with Crippen molar-refractivity contribution in [3.05, 3.63) is 55.8 Å². The summed E-state index contributed by atoms with van der Waals surface area (Å²) in [6.45, 7) is 31.9. The van der Waals surface area contributed by atoms with Gasteiger partial charge in [-0.25, -0.2) is 63.8 Å². The molecule has 6 fully saturated rings. The van der Waals surface area contributed by atoms with Crippen molar-refractivity contribution < 1.29 is 34.7 Å². The number of H-pyrrole nitrogens is 1. The summed E-state index contributed by atoms with van der Waals surface area (Å²) in [7, 11) is -7.13. The van der Waals surface area contributed by atoms with Gasteiger partial charge in [0.2, 0.25) is 29.1 Å². The minimum Gasteiger partial charge on any atom is -0.361 e. The highest BCUT2D eigenvalue weighted by molar-refractivity contribution is 8.13. The summed E-state index contributed by atoms with van der Waals surface area (Å²) in [6, 6.07) is 8.56. The zero-order chi connectivity index (χ0) is 62.3. The lowest BCUT2D eigenvalue weighted by molar-refractivity contribution is 0.0898. The second-order valence-electron chi connectivity index (χ2n) is 28.4. The fourth-order valence-electron chi connectivity index (χ4n) is 13.8. The van der Waals surface area contributed by atoms with Crippen LogP contribution in [-0.2, 0) is 52.0 Å². The Morgan fingerprint density at radius 1 is 0.558 bits per heavy atom. The van der Waals surface area contributed by atoms with Gasteiger partial charge in [0.25, 0.3) is 0 Å². The maximum Gasteiger partial charge on any atom is 0.229 e. The first-order valence-electron chi connectivity index (χ1n) is 30.3. The minimum absolute atomic E-state index is 0.0328. The second-order valence-corrected chi connectivity index (χ2v) is 46.7. The average Bonchev–Trinajstić information content (AvgIpc) is 1.63. The summed E-state index contributed by atoms with van der Waals surface area (Å²) < 4.78 is 86.1. The summed E-state index contributed by atoms with van der Waals surface area (Å²) in [4.78, 5) is 37.3. The number of piperidine rings is 3. The Bertz CT molecular complexity index is 3670. The van der Waals surface area contributed by atoms with E-state index in [9.17, 15) is 25.3 Å². The lowest BCUT2D eigenvalue weighted by atomic mass is 9.75. The van der Waals surface area contributed by atoms with Crippen LogP contribution < -0.4 is 14.7 Å². The molecule has 22 nitrogen and oxygen atoms in total. The molecule has 6 aliphatic rings. The van der Waals surface area contributed by atoms with Gasteiger partial charge in [0, 0.05) is 135 Å². The highest BCUT2D eigenvalue weighted by atomic mass is 35.7. The van der Waals surface area contributed by atoms with E-state index in [4.69, 9.17) is 9.47 Å². The second kappa shape index (κ2) is 25.9. The van der Waals surface area contributed by atoms with E-state index in [-0.39, 0.29) is 10.8 Å². The van der Waals surface area contributed by atoms with Crippen LogP contribution in [-0.4, -0.2) is 191 Å². The number of anilines is 3. The standard InChI is InChI=1S/C21H35N5O3SSi.C21H34N4OSi.C15H21N5O2S.CH3ClO2S/c1-21-13-24(8-6-17(21)12-26(14-21)30(2,27)28)19-18-7-9-25(20(18)23-15-22-19)16-29-10-11-31(3,4)5;1-21-9-5-6-17(21)7-10-24(14-21)19-18-8-11-25(20(18)23-15-22-19)16-26-12-13-27(2,3)4;1-15-8-19(14-12-3-5-16-13(12)17-10-18-14)6-4-11(15)7-20(9-15)23(2,21)22;1-5(2,3)4/h7,9,15,17H,6,8,10-14,16H2,1-5H3;8,11,15,17H,5-7,9-10,12-14,16H2,1-4H3;3,5,10-11H,4,6-9H2,1-2H3,(H,16,17,18);1H3/t2*17-,21+;11-,15+;/m101./s1. The topological polar surface area (TPSA) is 240 Å². The highest BCUT2D eigenvalue weighted by Gasteiger charge is 2.51. The van der Waals surface area contributed by atoms with Crippen LogP contribution in [0.1, 0.15) is 59.3 Å². The summed E-state index contributed by atoms with van der Waals surface area (Å²) in [5.74, 6) is 4.68. The lowest BCUT2D eigenvalue weighted by Gasteiger charge is -2.43. The molecule has 476 valence electrons. The molecule has 0 radical (unpaired) electrons. The van der Waals surface area contributed by atoms with Crippen LogP contribution in [0.4, 0.5) is 17.5 Å². The molecule has 5 aliphatic heterocycles. The molecule has 0 spiro atoms.